The quantitative estimate of drug-likeness (QED) is 0.775. The number of hydrogen-bond acceptors (Lipinski definition) is 3. The van der Waals surface area contributed by atoms with Gasteiger partial charge < -0.3 is 5.11 Å². The average molecular weight is 246 g/mol. The van der Waals surface area contributed by atoms with Gasteiger partial charge in [0, 0.05) is 16.6 Å². The van der Waals surface area contributed by atoms with Crippen molar-refractivity contribution in [2.24, 2.45) is 0 Å². The Morgan fingerprint density at radius 3 is 2.73 bits per heavy atom. The first-order valence-corrected chi connectivity index (χ1v) is 7.45. The van der Waals surface area contributed by atoms with Crippen LogP contribution in [-0.4, -0.2) is 31.0 Å². The SMILES string of the molecule is C/C=C\[C@@H](O)[C@]1(/C=C/C)SCCCS1=O. The highest BCUT2D eigenvalue weighted by Crippen LogP contribution is 2.39. The maximum atomic E-state index is 12.1. The molecule has 4 heteroatoms. The van der Waals surface area contributed by atoms with Gasteiger partial charge >= 0.3 is 0 Å². The van der Waals surface area contributed by atoms with Gasteiger partial charge in [-0.15, -0.1) is 11.8 Å². The zero-order chi connectivity index (χ0) is 11.3. The van der Waals surface area contributed by atoms with E-state index in [4.69, 9.17) is 0 Å². The molecule has 1 unspecified atom stereocenters. The molecule has 3 atom stereocenters. The van der Waals surface area contributed by atoms with E-state index in [9.17, 15) is 9.32 Å². The monoisotopic (exact) mass is 246 g/mol. The molecule has 0 saturated carbocycles. The van der Waals surface area contributed by atoms with Crippen molar-refractivity contribution in [2.75, 3.05) is 11.5 Å². The summed E-state index contributed by atoms with van der Waals surface area (Å²) in [5, 5.41) is 10.1. The lowest BCUT2D eigenvalue weighted by molar-refractivity contribution is 0.220. The predicted molar refractivity (Wildman–Crippen MR) is 68.5 cm³/mol. The first-order valence-electron chi connectivity index (χ1n) is 5.14. The van der Waals surface area contributed by atoms with Crippen LogP contribution < -0.4 is 0 Å². The minimum Gasteiger partial charge on any atom is -0.386 e. The first kappa shape index (κ1) is 13.0. The van der Waals surface area contributed by atoms with Crippen molar-refractivity contribution in [1.29, 1.82) is 0 Å². The highest BCUT2D eigenvalue weighted by atomic mass is 32.2. The minimum atomic E-state index is -0.993. The second kappa shape index (κ2) is 5.87. The van der Waals surface area contributed by atoms with Gasteiger partial charge in [0.25, 0.3) is 0 Å². The molecular formula is C11H18O2S2. The Balaban J connectivity index is 2.99. The second-order valence-corrected chi connectivity index (χ2v) is 6.85. The van der Waals surface area contributed by atoms with Crippen LogP contribution in [0.25, 0.3) is 0 Å². The molecule has 1 aliphatic heterocycles. The second-order valence-electron chi connectivity index (χ2n) is 3.44. The largest absolute Gasteiger partial charge is 0.386 e. The molecule has 1 fully saturated rings. The van der Waals surface area contributed by atoms with Gasteiger partial charge in [-0.1, -0.05) is 24.3 Å². The topological polar surface area (TPSA) is 37.3 Å². The predicted octanol–water partition coefficient (Wildman–Crippen LogP) is 2.08. The van der Waals surface area contributed by atoms with Crippen molar-refractivity contribution in [2.45, 2.75) is 30.5 Å². The first-order chi connectivity index (χ1) is 7.17. The third kappa shape index (κ3) is 2.74. The number of rotatable bonds is 3. The van der Waals surface area contributed by atoms with Crippen molar-refractivity contribution < 1.29 is 9.32 Å². The molecular weight excluding hydrogens is 228 g/mol. The summed E-state index contributed by atoms with van der Waals surface area (Å²) in [6.45, 7) is 3.76. The van der Waals surface area contributed by atoms with Crippen molar-refractivity contribution in [3.8, 4) is 0 Å². The van der Waals surface area contributed by atoms with E-state index in [1.54, 1.807) is 17.8 Å². The van der Waals surface area contributed by atoms with Crippen LogP contribution >= 0.6 is 11.8 Å². The molecule has 0 amide bonds. The number of aliphatic hydroxyl groups excluding tert-OH is 1. The van der Waals surface area contributed by atoms with Crippen LogP contribution in [0, 0.1) is 0 Å². The minimum absolute atomic E-state index is 0.625. The molecule has 0 aromatic rings. The van der Waals surface area contributed by atoms with Crippen molar-refractivity contribution >= 4 is 22.6 Å². The fourth-order valence-corrected chi connectivity index (χ4v) is 5.30. The molecule has 1 N–H and O–H groups in total. The summed E-state index contributed by atoms with van der Waals surface area (Å²) >= 11 is 1.60. The zero-order valence-corrected chi connectivity index (χ0v) is 10.8. The van der Waals surface area contributed by atoms with Gasteiger partial charge in [-0.05, 0) is 26.0 Å². The molecule has 2 nitrogen and oxygen atoms in total. The van der Waals surface area contributed by atoms with E-state index >= 15 is 0 Å². The van der Waals surface area contributed by atoms with Gasteiger partial charge in [0.1, 0.15) is 10.2 Å². The fraction of sp³-hybridized carbons (Fsp3) is 0.636. The van der Waals surface area contributed by atoms with Crippen molar-refractivity contribution in [3.05, 3.63) is 24.3 Å². The van der Waals surface area contributed by atoms with Crippen molar-refractivity contribution in [1.82, 2.24) is 0 Å². The molecule has 86 valence electrons. The van der Waals surface area contributed by atoms with Gasteiger partial charge in [-0.25, -0.2) is 0 Å². The number of allylic oxidation sites excluding steroid dienone is 2. The average Bonchev–Trinajstić information content (AvgIpc) is 2.22. The lowest BCUT2D eigenvalue weighted by Gasteiger charge is -2.35. The molecule has 0 aliphatic carbocycles. The summed E-state index contributed by atoms with van der Waals surface area (Å²) in [7, 11) is -0.993. The van der Waals surface area contributed by atoms with Gasteiger partial charge in [0.2, 0.25) is 0 Å². The van der Waals surface area contributed by atoms with Gasteiger partial charge in [0.15, 0.2) is 0 Å². The summed E-state index contributed by atoms with van der Waals surface area (Å²) in [4.78, 5) is 0. The van der Waals surface area contributed by atoms with E-state index in [1.165, 1.54) is 0 Å². The van der Waals surface area contributed by atoms with E-state index < -0.39 is 21.0 Å². The van der Waals surface area contributed by atoms with Crippen molar-refractivity contribution in [3.63, 3.8) is 0 Å². The Kier molecular flexibility index (Phi) is 5.09. The smallest absolute Gasteiger partial charge is 0.138 e. The van der Waals surface area contributed by atoms with Crippen LogP contribution in [0.4, 0.5) is 0 Å². The molecule has 1 rings (SSSR count). The summed E-state index contributed by atoms with van der Waals surface area (Å²) in [6, 6.07) is 0. The number of aliphatic hydroxyl groups is 1. The molecule has 0 aromatic carbocycles. The molecule has 0 spiro atoms. The molecule has 0 radical (unpaired) electrons. The van der Waals surface area contributed by atoms with Gasteiger partial charge in [0.05, 0.1) is 0 Å². The Bertz CT molecular complexity index is 286. The lowest BCUT2D eigenvalue weighted by atomic mass is 10.2. The Hall–Kier alpha value is -0.0600. The van der Waals surface area contributed by atoms with Crippen LogP contribution in [-0.2, 0) is 10.8 Å². The fourth-order valence-electron chi connectivity index (χ4n) is 1.64. The summed E-state index contributed by atoms with van der Waals surface area (Å²) < 4.78 is 11.4. The van der Waals surface area contributed by atoms with E-state index in [2.05, 4.69) is 0 Å². The Labute approximate surface area is 98.3 Å². The van der Waals surface area contributed by atoms with Crippen LogP contribution in [0.15, 0.2) is 24.3 Å². The summed E-state index contributed by atoms with van der Waals surface area (Å²) in [6.07, 6.45) is 7.60. The highest BCUT2D eigenvalue weighted by Gasteiger charge is 2.42. The van der Waals surface area contributed by atoms with Gasteiger partial charge in [-0.2, -0.15) is 0 Å². The lowest BCUT2D eigenvalue weighted by Crippen LogP contribution is -2.44. The summed E-state index contributed by atoms with van der Waals surface area (Å²) in [5.41, 5.74) is 0. The maximum absolute atomic E-state index is 12.1. The molecule has 1 heterocycles. The van der Waals surface area contributed by atoms with Crippen LogP contribution in [0.2, 0.25) is 0 Å². The summed E-state index contributed by atoms with van der Waals surface area (Å²) in [5.74, 6) is 1.65. The molecule has 1 saturated heterocycles. The van der Waals surface area contributed by atoms with E-state index in [0.717, 1.165) is 12.2 Å². The third-order valence-electron chi connectivity index (χ3n) is 2.34. The molecule has 0 aromatic heterocycles. The van der Waals surface area contributed by atoms with Crippen LogP contribution in [0.5, 0.6) is 0 Å². The molecule has 1 aliphatic rings. The third-order valence-corrected chi connectivity index (χ3v) is 6.33. The Morgan fingerprint density at radius 2 is 2.20 bits per heavy atom. The van der Waals surface area contributed by atoms with Gasteiger partial charge in [-0.3, -0.25) is 4.21 Å². The molecule has 15 heavy (non-hydrogen) atoms. The maximum Gasteiger partial charge on any atom is 0.138 e. The number of thioether (sulfide) groups is 1. The normalized spacial score (nSPS) is 35.0. The zero-order valence-electron chi connectivity index (χ0n) is 9.18. The standard InChI is InChI=1S/C11H18O2S2/c1-3-6-10(12)11(7-4-2)14-8-5-9-15(11)13/h3-4,6-7,10,12H,5,8-9H2,1-2H3/b6-3-,7-4+/t10-,11-,15?/m1/s1. The van der Waals surface area contributed by atoms with E-state index in [0.29, 0.717) is 5.75 Å². The Morgan fingerprint density at radius 1 is 1.47 bits per heavy atom. The van der Waals surface area contributed by atoms with E-state index in [1.807, 2.05) is 32.1 Å². The van der Waals surface area contributed by atoms with E-state index in [-0.39, 0.29) is 0 Å². The van der Waals surface area contributed by atoms with Crippen LogP contribution in [0.1, 0.15) is 20.3 Å². The molecule has 0 bridgehead atoms. The number of hydrogen-bond donors (Lipinski definition) is 1. The highest BCUT2D eigenvalue weighted by molar-refractivity contribution is 8.13. The van der Waals surface area contributed by atoms with Crippen LogP contribution in [0.3, 0.4) is 0 Å².